The molecule has 2 unspecified atom stereocenters. The number of anilines is 1. The molecule has 36 heavy (non-hydrogen) atoms. The molecule has 0 saturated heterocycles. The van der Waals surface area contributed by atoms with E-state index < -0.39 is 39.5 Å². The number of methoxy groups -OCH3 is 1. The van der Waals surface area contributed by atoms with Gasteiger partial charge in [-0.1, -0.05) is 6.42 Å². The smallest absolute Gasteiger partial charge is 0.416 e. The summed E-state index contributed by atoms with van der Waals surface area (Å²) in [6.45, 7) is 5.45. The lowest BCUT2D eigenvalue weighted by Gasteiger charge is -2.44. The van der Waals surface area contributed by atoms with Gasteiger partial charge in [0, 0.05) is 18.2 Å². The Kier molecular flexibility index (Phi) is 7.17. The van der Waals surface area contributed by atoms with Gasteiger partial charge in [0.25, 0.3) is 0 Å². The van der Waals surface area contributed by atoms with E-state index in [-0.39, 0.29) is 18.3 Å². The lowest BCUT2D eigenvalue weighted by Crippen LogP contribution is -2.50. The molecule has 0 radical (unpaired) electrons. The topological polar surface area (TPSA) is 133 Å². The molecule has 12 heteroatoms. The number of nitrogens with two attached hydrogens (primary N) is 1. The van der Waals surface area contributed by atoms with E-state index in [1.807, 2.05) is 0 Å². The van der Waals surface area contributed by atoms with Crippen molar-refractivity contribution in [3.63, 3.8) is 0 Å². The van der Waals surface area contributed by atoms with Crippen molar-refractivity contribution in [2.75, 3.05) is 18.6 Å². The van der Waals surface area contributed by atoms with Gasteiger partial charge in [-0.05, 0) is 57.9 Å². The third-order valence-corrected chi connectivity index (χ3v) is 7.36. The molecule has 0 spiro atoms. The van der Waals surface area contributed by atoms with Gasteiger partial charge in [-0.2, -0.15) is 5.10 Å². The lowest BCUT2D eigenvalue weighted by atomic mass is 9.66. The normalized spacial score (nSPS) is 20.8. The number of ether oxygens (including phenoxy) is 2. The summed E-state index contributed by atoms with van der Waals surface area (Å²) in [5.74, 6) is -0.489. The molecule has 1 aliphatic heterocycles. The van der Waals surface area contributed by atoms with Gasteiger partial charge >= 0.3 is 6.09 Å². The molecule has 2 N–H and O–H groups in total. The third-order valence-electron chi connectivity index (χ3n) is 6.05. The molecule has 4 rings (SSSR count). The Morgan fingerprint density at radius 2 is 2.00 bits per heavy atom. The van der Waals surface area contributed by atoms with Crippen molar-refractivity contribution in [3.8, 4) is 0 Å². The van der Waals surface area contributed by atoms with E-state index in [9.17, 15) is 14.0 Å². The summed E-state index contributed by atoms with van der Waals surface area (Å²) in [6, 6.07) is 6.23. The van der Waals surface area contributed by atoms with Crippen LogP contribution in [0, 0.1) is 5.82 Å². The van der Waals surface area contributed by atoms with Gasteiger partial charge in [0.2, 0.25) is 11.8 Å². The van der Waals surface area contributed by atoms with E-state index in [1.54, 1.807) is 45.2 Å². The number of pyridine rings is 1. The monoisotopic (exact) mass is 516 g/mol. The standard InChI is InChI=1S/C24H29FN6O4S/c1-23(2,3)35-22(33)31(13-24(10-6-11-24)18-14(25)7-5-12-27-18)16-9-8-15(29-30-16)21-28-20(34-4)17(36-21)19(26)32/h5,7-9,12,17,21H,6,10-11,13H2,1-4H3,(H2,26,32). The summed E-state index contributed by atoms with van der Waals surface area (Å²) in [5, 5.41) is 7.29. The number of thioether (sulfide) groups is 1. The fourth-order valence-electron chi connectivity index (χ4n) is 4.20. The second kappa shape index (κ2) is 10.00. The van der Waals surface area contributed by atoms with Crippen LogP contribution in [0.15, 0.2) is 35.5 Å². The summed E-state index contributed by atoms with van der Waals surface area (Å²) in [7, 11) is 1.42. The van der Waals surface area contributed by atoms with Crippen molar-refractivity contribution < 1.29 is 23.5 Å². The summed E-state index contributed by atoms with van der Waals surface area (Å²) in [6.07, 6.45) is 3.18. The Balaban J connectivity index is 1.63. The maximum atomic E-state index is 14.7. The van der Waals surface area contributed by atoms with Crippen LogP contribution in [0.5, 0.6) is 0 Å². The van der Waals surface area contributed by atoms with Gasteiger partial charge in [0.1, 0.15) is 16.8 Å². The van der Waals surface area contributed by atoms with Crippen LogP contribution in [0.3, 0.4) is 0 Å². The number of aliphatic imine (C=N–C) groups is 1. The Bertz CT molecular complexity index is 1170. The first-order chi connectivity index (χ1) is 17.0. The molecule has 1 fully saturated rings. The van der Waals surface area contributed by atoms with Crippen LogP contribution in [0.4, 0.5) is 15.0 Å². The highest BCUT2D eigenvalue weighted by molar-refractivity contribution is 8.01. The summed E-state index contributed by atoms with van der Waals surface area (Å²) in [4.78, 5) is 35.0. The predicted molar refractivity (Wildman–Crippen MR) is 133 cm³/mol. The molecule has 192 valence electrons. The predicted octanol–water partition coefficient (Wildman–Crippen LogP) is 3.52. The number of primary amides is 1. The SMILES string of the molecule is COC1=NC(c2ccc(N(CC3(c4ncccc4F)CCC3)C(=O)OC(C)(C)C)nn2)SC1C(N)=O. The number of amides is 2. The molecular weight excluding hydrogens is 487 g/mol. The minimum atomic E-state index is -0.749. The highest BCUT2D eigenvalue weighted by Crippen LogP contribution is 2.45. The fraction of sp³-hybridized carbons (Fsp3) is 0.500. The summed E-state index contributed by atoms with van der Waals surface area (Å²) >= 11 is 1.19. The molecular formula is C24H29FN6O4S. The Morgan fingerprint density at radius 1 is 1.25 bits per heavy atom. The molecule has 1 saturated carbocycles. The second-order valence-electron chi connectivity index (χ2n) is 9.79. The molecule has 10 nitrogen and oxygen atoms in total. The average molecular weight is 517 g/mol. The highest BCUT2D eigenvalue weighted by atomic mass is 32.2. The Morgan fingerprint density at radius 3 is 2.50 bits per heavy atom. The van der Waals surface area contributed by atoms with Crippen LogP contribution < -0.4 is 10.6 Å². The van der Waals surface area contributed by atoms with Crippen LogP contribution in [0.2, 0.25) is 0 Å². The van der Waals surface area contributed by atoms with E-state index in [0.717, 1.165) is 6.42 Å². The van der Waals surface area contributed by atoms with Gasteiger partial charge in [-0.25, -0.2) is 14.2 Å². The maximum Gasteiger partial charge on any atom is 0.416 e. The molecule has 2 aromatic heterocycles. The first-order valence-electron chi connectivity index (χ1n) is 11.5. The summed E-state index contributed by atoms with van der Waals surface area (Å²) in [5.41, 5.74) is 4.84. The molecule has 0 bridgehead atoms. The van der Waals surface area contributed by atoms with Gasteiger partial charge in [0.15, 0.2) is 11.1 Å². The average Bonchev–Trinajstić information content (AvgIpc) is 3.23. The van der Waals surface area contributed by atoms with Crippen LogP contribution in [0.1, 0.15) is 56.8 Å². The largest absolute Gasteiger partial charge is 0.483 e. The molecule has 2 atom stereocenters. The zero-order chi connectivity index (χ0) is 26.1. The van der Waals surface area contributed by atoms with E-state index in [1.165, 1.54) is 29.8 Å². The zero-order valence-electron chi connectivity index (χ0n) is 20.6. The van der Waals surface area contributed by atoms with Crippen LogP contribution in [-0.4, -0.2) is 57.6 Å². The van der Waals surface area contributed by atoms with Crippen molar-refractivity contribution in [2.45, 2.75) is 61.7 Å². The number of rotatable bonds is 6. The van der Waals surface area contributed by atoms with Gasteiger partial charge in [-0.3, -0.25) is 14.7 Å². The molecule has 1 aliphatic carbocycles. The molecule has 2 amide bonds. The van der Waals surface area contributed by atoms with Crippen molar-refractivity contribution in [1.82, 2.24) is 15.2 Å². The number of carbonyl (C=O) groups is 2. The van der Waals surface area contributed by atoms with Gasteiger partial charge < -0.3 is 15.2 Å². The number of hydrogen-bond donors (Lipinski definition) is 1. The number of halogens is 1. The van der Waals surface area contributed by atoms with Gasteiger partial charge in [0.05, 0.1) is 18.5 Å². The zero-order valence-corrected chi connectivity index (χ0v) is 21.4. The van der Waals surface area contributed by atoms with Crippen molar-refractivity contribution in [2.24, 2.45) is 10.7 Å². The number of aromatic nitrogens is 3. The molecule has 0 aromatic carbocycles. The van der Waals surface area contributed by atoms with Crippen molar-refractivity contribution >= 4 is 35.5 Å². The number of hydrogen-bond acceptors (Lipinski definition) is 9. The third kappa shape index (κ3) is 5.28. The van der Waals surface area contributed by atoms with Crippen LogP contribution in [-0.2, 0) is 19.7 Å². The summed E-state index contributed by atoms with van der Waals surface area (Å²) < 4.78 is 25.5. The Labute approximate surface area is 212 Å². The number of nitrogens with zero attached hydrogens (tertiary/aromatic N) is 5. The van der Waals surface area contributed by atoms with E-state index >= 15 is 0 Å². The quantitative estimate of drug-likeness (QED) is 0.617. The molecule has 2 aliphatic rings. The molecule has 2 aromatic rings. The van der Waals surface area contributed by atoms with Crippen LogP contribution in [0.25, 0.3) is 0 Å². The first-order valence-corrected chi connectivity index (χ1v) is 12.5. The highest BCUT2D eigenvalue weighted by Gasteiger charge is 2.45. The maximum absolute atomic E-state index is 14.7. The van der Waals surface area contributed by atoms with Crippen molar-refractivity contribution in [3.05, 3.63) is 47.7 Å². The van der Waals surface area contributed by atoms with Crippen LogP contribution >= 0.6 is 11.8 Å². The van der Waals surface area contributed by atoms with Crippen molar-refractivity contribution in [1.29, 1.82) is 0 Å². The lowest BCUT2D eigenvalue weighted by molar-refractivity contribution is -0.116. The Hall–Kier alpha value is -3.28. The fourth-order valence-corrected chi connectivity index (χ4v) is 5.30. The van der Waals surface area contributed by atoms with E-state index in [0.29, 0.717) is 24.2 Å². The number of carbonyl (C=O) groups excluding carboxylic acids is 2. The van der Waals surface area contributed by atoms with E-state index in [4.69, 9.17) is 15.2 Å². The van der Waals surface area contributed by atoms with Gasteiger partial charge in [-0.15, -0.1) is 16.9 Å². The first kappa shape index (κ1) is 25.8. The molecule has 3 heterocycles. The minimum Gasteiger partial charge on any atom is -0.483 e. The van der Waals surface area contributed by atoms with E-state index in [2.05, 4.69) is 20.2 Å². The minimum absolute atomic E-state index is 0.137. The second-order valence-corrected chi connectivity index (χ2v) is 11.0.